The van der Waals surface area contributed by atoms with Crippen molar-refractivity contribution in [3.8, 4) is 0 Å². The van der Waals surface area contributed by atoms with Gasteiger partial charge in [-0.05, 0) is 19.6 Å². The molecule has 74 valence electrons. The van der Waals surface area contributed by atoms with Crippen LogP contribution in [0.15, 0.2) is 0 Å². The molecule has 0 saturated carbocycles. The molecule has 0 aromatic heterocycles. The maximum atomic E-state index is 5.59. The van der Waals surface area contributed by atoms with E-state index >= 15 is 0 Å². The first-order chi connectivity index (χ1) is 5.55. The van der Waals surface area contributed by atoms with Crippen LogP contribution in [0.1, 0.15) is 27.2 Å². The molecule has 0 heterocycles. The van der Waals surface area contributed by atoms with E-state index in [1.807, 2.05) is 18.7 Å². The zero-order valence-electron chi connectivity index (χ0n) is 8.59. The Bertz CT molecular complexity index is 117. The summed E-state index contributed by atoms with van der Waals surface area (Å²) in [6.07, 6.45) is 3.37. The van der Waals surface area contributed by atoms with Crippen LogP contribution in [-0.4, -0.2) is 30.3 Å². The van der Waals surface area contributed by atoms with Gasteiger partial charge in [-0.2, -0.15) is 11.8 Å². The molecule has 0 aliphatic carbocycles. The number of nitrogens with two attached hydrogens (primary N) is 1. The van der Waals surface area contributed by atoms with Crippen LogP contribution in [0.3, 0.4) is 0 Å². The average molecular weight is 191 g/mol. The molecule has 0 fully saturated rings. The van der Waals surface area contributed by atoms with E-state index in [1.54, 1.807) is 0 Å². The SMILES string of the molecule is CCOC(CN)CC(C)(C)SC. The molecule has 2 N–H and O–H groups in total. The predicted molar refractivity (Wildman–Crippen MR) is 56.7 cm³/mol. The van der Waals surface area contributed by atoms with Crippen molar-refractivity contribution in [3.63, 3.8) is 0 Å². The van der Waals surface area contributed by atoms with E-state index in [4.69, 9.17) is 10.5 Å². The third-order valence-electron chi connectivity index (χ3n) is 1.94. The lowest BCUT2D eigenvalue weighted by Gasteiger charge is -2.27. The second-order valence-corrected chi connectivity index (χ2v) is 4.99. The standard InChI is InChI=1S/C9H21NOS/c1-5-11-8(7-10)6-9(2,3)12-4/h8H,5-7,10H2,1-4H3. The minimum absolute atomic E-state index is 0.220. The number of hydrogen-bond acceptors (Lipinski definition) is 3. The highest BCUT2D eigenvalue weighted by atomic mass is 32.2. The summed E-state index contributed by atoms with van der Waals surface area (Å²) in [5.74, 6) is 0. The molecule has 0 rings (SSSR count). The second kappa shape index (κ2) is 5.84. The first-order valence-electron chi connectivity index (χ1n) is 4.42. The normalized spacial score (nSPS) is 14.8. The molecule has 12 heavy (non-hydrogen) atoms. The van der Waals surface area contributed by atoms with E-state index in [0.717, 1.165) is 13.0 Å². The summed E-state index contributed by atoms with van der Waals surface area (Å²) in [5.41, 5.74) is 5.59. The highest BCUT2D eigenvalue weighted by molar-refractivity contribution is 7.99. The van der Waals surface area contributed by atoms with Crippen LogP contribution < -0.4 is 5.73 Å². The Morgan fingerprint density at radius 1 is 1.50 bits per heavy atom. The maximum Gasteiger partial charge on any atom is 0.0710 e. The minimum atomic E-state index is 0.220. The molecule has 0 aliphatic rings. The predicted octanol–water partition coefficient (Wildman–Crippen LogP) is 1.88. The van der Waals surface area contributed by atoms with E-state index < -0.39 is 0 Å². The fraction of sp³-hybridized carbons (Fsp3) is 1.00. The molecular weight excluding hydrogens is 170 g/mol. The molecule has 0 aromatic carbocycles. The third kappa shape index (κ3) is 5.01. The van der Waals surface area contributed by atoms with E-state index in [2.05, 4.69) is 20.1 Å². The summed E-state index contributed by atoms with van der Waals surface area (Å²) in [6.45, 7) is 7.83. The van der Waals surface area contributed by atoms with Crippen molar-refractivity contribution >= 4 is 11.8 Å². The molecule has 0 saturated heterocycles. The molecule has 0 aliphatic heterocycles. The Balaban J connectivity index is 3.83. The number of hydrogen-bond donors (Lipinski definition) is 1. The third-order valence-corrected chi connectivity index (χ3v) is 3.21. The molecule has 0 radical (unpaired) electrons. The van der Waals surface area contributed by atoms with Crippen molar-refractivity contribution < 1.29 is 4.74 Å². The van der Waals surface area contributed by atoms with E-state index in [-0.39, 0.29) is 10.9 Å². The van der Waals surface area contributed by atoms with Gasteiger partial charge < -0.3 is 10.5 Å². The fourth-order valence-electron chi connectivity index (χ4n) is 1.08. The Morgan fingerprint density at radius 2 is 2.08 bits per heavy atom. The van der Waals surface area contributed by atoms with E-state index in [9.17, 15) is 0 Å². The largest absolute Gasteiger partial charge is 0.377 e. The topological polar surface area (TPSA) is 35.2 Å². The van der Waals surface area contributed by atoms with Crippen LogP contribution in [0.5, 0.6) is 0 Å². The van der Waals surface area contributed by atoms with Crippen molar-refractivity contribution in [2.45, 2.75) is 38.0 Å². The van der Waals surface area contributed by atoms with Gasteiger partial charge >= 0.3 is 0 Å². The number of ether oxygens (including phenoxy) is 1. The van der Waals surface area contributed by atoms with Crippen LogP contribution >= 0.6 is 11.8 Å². The van der Waals surface area contributed by atoms with Crippen LogP contribution in [0.25, 0.3) is 0 Å². The van der Waals surface area contributed by atoms with Crippen molar-refractivity contribution in [1.82, 2.24) is 0 Å². The average Bonchev–Trinajstić information content (AvgIpc) is 2.03. The van der Waals surface area contributed by atoms with Crippen LogP contribution in [-0.2, 0) is 4.74 Å². The first-order valence-corrected chi connectivity index (χ1v) is 5.65. The van der Waals surface area contributed by atoms with Gasteiger partial charge in [0.25, 0.3) is 0 Å². The highest BCUT2D eigenvalue weighted by Gasteiger charge is 2.21. The van der Waals surface area contributed by atoms with Gasteiger partial charge in [-0.3, -0.25) is 0 Å². The van der Waals surface area contributed by atoms with Crippen LogP contribution in [0.4, 0.5) is 0 Å². The summed E-state index contributed by atoms with van der Waals surface area (Å²) >= 11 is 1.86. The summed E-state index contributed by atoms with van der Waals surface area (Å²) in [5, 5.41) is 0. The molecule has 0 aromatic rings. The molecule has 1 atom stereocenters. The zero-order chi connectivity index (χ0) is 9.61. The highest BCUT2D eigenvalue weighted by Crippen LogP contribution is 2.27. The van der Waals surface area contributed by atoms with Gasteiger partial charge in [0.2, 0.25) is 0 Å². The van der Waals surface area contributed by atoms with Gasteiger partial charge in [0.15, 0.2) is 0 Å². The lowest BCUT2D eigenvalue weighted by Crippen LogP contribution is -2.31. The first kappa shape index (κ1) is 12.3. The quantitative estimate of drug-likeness (QED) is 0.696. The Kier molecular flexibility index (Phi) is 5.97. The van der Waals surface area contributed by atoms with Gasteiger partial charge in [-0.15, -0.1) is 0 Å². The molecule has 1 unspecified atom stereocenters. The molecule has 2 nitrogen and oxygen atoms in total. The minimum Gasteiger partial charge on any atom is -0.377 e. The Morgan fingerprint density at radius 3 is 2.42 bits per heavy atom. The van der Waals surface area contributed by atoms with E-state index in [1.165, 1.54) is 0 Å². The Hall–Kier alpha value is 0.270. The van der Waals surface area contributed by atoms with Crippen LogP contribution in [0.2, 0.25) is 0 Å². The molecule has 0 spiro atoms. The molecular formula is C9H21NOS. The molecule has 0 bridgehead atoms. The van der Waals surface area contributed by atoms with Gasteiger partial charge in [0, 0.05) is 17.9 Å². The summed E-state index contributed by atoms with van der Waals surface area (Å²) < 4.78 is 5.77. The maximum absolute atomic E-state index is 5.59. The van der Waals surface area contributed by atoms with Crippen molar-refractivity contribution in [3.05, 3.63) is 0 Å². The second-order valence-electron chi connectivity index (χ2n) is 3.48. The van der Waals surface area contributed by atoms with Crippen molar-refractivity contribution in [1.29, 1.82) is 0 Å². The van der Waals surface area contributed by atoms with Crippen molar-refractivity contribution in [2.75, 3.05) is 19.4 Å². The summed E-state index contributed by atoms with van der Waals surface area (Å²) in [7, 11) is 0. The summed E-state index contributed by atoms with van der Waals surface area (Å²) in [4.78, 5) is 0. The Labute approximate surface area is 80.2 Å². The smallest absolute Gasteiger partial charge is 0.0710 e. The number of rotatable bonds is 6. The lowest BCUT2D eigenvalue weighted by molar-refractivity contribution is 0.0577. The van der Waals surface area contributed by atoms with Gasteiger partial charge in [0.05, 0.1) is 6.10 Å². The number of thioether (sulfide) groups is 1. The van der Waals surface area contributed by atoms with Crippen LogP contribution in [0, 0.1) is 0 Å². The monoisotopic (exact) mass is 191 g/mol. The van der Waals surface area contributed by atoms with Gasteiger partial charge in [-0.25, -0.2) is 0 Å². The fourth-order valence-corrected chi connectivity index (χ4v) is 1.43. The van der Waals surface area contributed by atoms with Gasteiger partial charge in [0.1, 0.15) is 0 Å². The van der Waals surface area contributed by atoms with Gasteiger partial charge in [-0.1, -0.05) is 13.8 Å². The van der Waals surface area contributed by atoms with E-state index in [0.29, 0.717) is 6.54 Å². The zero-order valence-corrected chi connectivity index (χ0v) is 9.41. The summed E-state index contributed by atoms with van der Waals surface area (Å²) in [6, 6.07) is 0. The lowest BCUT2D eigenvalue weighted by atomic mass is 10.1. The molecule has 3 heteroatoms. The van der Waals surface area contributed by atoms with Crippen molar-refractivity contribution in [2.24, 2.45) is 5.73 Å². The molecule has 0 amide bonds.